The molecule has 1 spiro atoms. The number of hydrogen-bond acceptors (Lipinski definition) is 2. The first-order chi connectivity index (χ1) is 10.1. The number of nitrogens with one attached hydrogen (secondary N) is 1. The standard InChI is InChI=1S/C17H23Cl2NO/c1-21-9-8-20-12-17(10-16(11-17)6-3-7-16)15-13(18)4-2-5-14(15)19/h2,4-5,20H,3,6-12H2,1H3. The van der Waals surface area contributed by atoms with Crippen molar-refractivity contribution >= 4 is 23.2 Å². The van der Waals surface area contributed by atoms with Gasteiger partial charge in [0.15, 0.2) is 0 Å². The van der Waals surface area contributed by atoms with E-state index in [0.717, 1.165) is 35.3 Å². The Morgan fingerprint density at radius 3 is 2.38 bits per heavy atom. The van der Waals surface area contributed by atoms with Crippen LogP contribution in [-0.2, 0) is 10.2 Å². The Kier molecular flexibility index (Phi) is 4.52. The molecule has 116 valence electrons. The summed E-state index contributed by atoms with van der Waals surface area (Å²) in [5.41, 5.74) is 1.82. The Bertz CT molecular complexity index is 485. The van der Waals surface area contributed by atoms with Crippen LogP contribution in [0, 0.1) is 5.41 Å². The Morgan fingerprint density at radius 2 is 1.86 bits per heavy atom. The van der Waals surface area contributed by atoms with Crippen molar-refractivity contribution in [3.8, 4) is 0 Å². The van der Waals surface area contributed by atoms with Gasteiger partial charge >= 0.3 is 0 Å². The fourth-order valence-electron chi connectivity index (χ4n) is 4.31. The molecule has 0 atom stereocenters. The van der Waals surface area contributed by atoms with E-state index >= 15 is 0 Å². The molecule has 3 rings (SSSR count). The fraction of sp³-hybridized carbons (Fsp3) is 0.647. The van der Waals surface area contributed by atoms with E-state index in [2.05, 4.69) is 5.32 Å². The van der Waals surface area contributed by atoms with Gasteiger partial charge in [0.05, 0.1) is 6.61 Å². The van der Waals surface area contributed by atoms with Gasteiger partial charge in [-0.15, -0.1) is 0 Å². The molecule has 2 aliphatic carbocycles. The smallest absolute Gasteiger partial charge is 0.0587 e. The van der Waals surface area contributed by atoms with Crippen LogP contribution in [0.5, 0.6) is 0 Å². The SMILES string of the molecule is COCCNCC1(c2c(Cl)cccc2Cl)CC2(CCC2)C1. The maximum Gasteiger partial charge on any atom is 0.0587 e. The molecule has 0 heterocycles. The molecule has 0 radical (unpaired) electrons. The van der Waals surface area contributed by atoms with Crippen molar-refractivity contribution in [3.63, 3.8) is 0 Å². The summed E-state index contributed by atoms with van der Waals surface area (Å²) in [6, 6.07) is 5.86. The lowest BCUT2D eigenvalue weighted by molar-refractivity contribution is -0.0484. The van der Waals surface area contributed by atoms with Crippen LogP contribution in [0.15, 0.2) is 18.2 Å². The van der Waals surface area contributed by atoms with Crippen molar-refractivity contribution in [2.75, 3.05) is 26.8 Å². The number of hydrogen-bond donors (Lipinski definition) is 1. The van der Waals surface area contributed by atoms with Crippen LogP contribution in [0.4, 0.5) is 0 Å². The average molecular weight is 328 g/mol. The molecular weight excluding hydrogens is 305 g/mol. The van der Waals surface area contributed by atoms with Crippen LogP contribution >= 0.6 is 23.2 Å². The van der Waals surface area contributed by atoms with Crippen molar-refractivity contribution in [3.05, 3.63) is 33.8 Å². The maximum absolute atomic E-state index is 6.48. The Labute approximate surface area is 137 Å². The molecule has 0 unspecified atom stereocenters. The van der Waals surface area contributed by atoms with E-state index in [0.29, 0.717) is 5.41 Å². The normalized spacial score (nSPS) is 21.9. The van der Waals surface area contributed by atoms with Crippen LogP contribution in [0.2, 0.25) is 10.0 Å². The summed E-state index contributed by atoms with van der Waals surface area (Å²) in [7, 11) is 1.73. The Balaban J connectivity index is 1.80. The minimum absolute atomic E-state index is 0.101. The van der Waals surface area contributed by atoms with Gasteiger partial charge in [-0.1, -0.05) is 35.7 Å². The van der Waals surface area contributed by atoms with E-state index in [1.54, 1.807) is 7.11 Å². The first kappa shape index (κ1) is 15.6. The lowest BCUT2D eigenvalue weighted by Gasteiger charge is -2.62. The highest BCUT2D eigenvalue weighted by molar-refractivity contribution is 6.36. The van der Waals surface area contributed by atoms with E-state index in [4.69, 9.17) is 27.9 Å². The molecule has 2 fully saturated rings. The van der Waals surface area contributed by atoms with Gasteiger partial charge in [-0.3, -0.25) is 0 Å². The van der Waals surface area contributed by atoms with Crippen LogP contribution in [0.1, 0.15) is 37.7 Å². The summed E-state index contributed by atoms with van der Waals surface area (Å²) >= 11 is 13.0. The zero-order valence-electron chi connectivity index (χ0n) is 12.6. The van der Waals surface area contributed by atoms with Crippen molar-refractivity contribution < 1.29 is 4.74 Å². The van der Waals surface area contributed by atoms with Crippen molar-refractivity contribution in [1.29, 1.82) is 0 Å². The molecule has 1 aromatic rings. The highest BCUT2D eigenvalue weighted by Gasteiger charge is 2.58. The molecule has 1 N–H and O–H groups in total. The van der Waals surface area contributed by atoms with Gasteiger partial charge in [0.1, 0.15) is 0 Å². The monoisotopic (exact) mass is 327 g/mol. The molecule has 4 heteroatoms. The van der Waals surface area contributed by atoms with E-state index in [9.17, 15) is 0 Å². The lowest BCUT2D eigenvalue weighted by Crippen LogP contribution is -2.57. The number of benzene rings is 1. The zero-order valence-corrected chi connectivity index (χ0v) is 14.1. The van der Waals surface area contributed by atoms with Gasteiger partial charge in [0.2, 0.25) is 0 Å². The highest BCUT2D eigenvalue weighted by atomic mass is 35.5. The van der Waals surface area contributed by atoms with Crippen molar-refractivity contribution in [1.82, 2.24) is 5.32 Å². The maximum atomic E-state index is 6.48. The van der Waals surface area contributed by atoms with Gasteiger partial charge in [-0.2, -0.15) is 0 Å². The van der Waals surface area contributed by atoms with E-state index < -0.39 is 0 Å². The van der Waals surface area contributed by atoms with Gasteiger partial charge in [-0.05, 0) is 48.8 Å². The molecule has 0 aliphatic heterocycles. The molecule has 21 heavy (non-hydrogen) atoms. The van der Waals surface area contributed by atoms with Crippen LogP contribution in [0.3, 0.4) is 0 Å². The molecule has 0 bridgehead atoms. The molecule has 2 aliphatic rings. The molecule has 1 aromatic carbocycles. The van der Waals surface area contributed by atoms with E-state index in [1.807, 2.05) is 18.2 Å². The number of halogens is 2. The van der Waals surface area contributed by atoms with Gasteiger partial charge in [0, 0.05) is 35.7 Å². The number of methoxy groups -OCH3 is 1. The third kappa shape index (κ3) is 2.84. The average Bonchev–Trinajstić information content (AvgIpc) is 2.36. The first-order valence-electron chi connectivity index (χ1n) is 7.75. The first-order valence-corrected chi connectivity index (χ1v) is 8.51. The molecule has 2 nitrogen and oxygen atoms in total. The zero-order chi connectivity index (χ0) is 14.9. The number of rotatable bonds is 6. The van der Waals surface area contributed by atoms with Crippen LogP contribution in [0.25, 0.3) is 0 Å². The molecule has 0 aromatic heterocycles. The minimum atomic E-state index is 0.101. The fourth-order valence-corrected chi connectivity index (χ4v) is 5.11. The van der Waals surface area contributed by atoms with Gasteiger partial charge in [0.25, 0.3) is 0 Å². The second kappa shape index (κ2) is 6.08. The third-order valence-electron chi connectivity index (χ3n) is 5.28. The second-order valence-electron chi connectivity index (χ2n) is 6.75. The van der Waals surface area contributed by atoms with Crippen LogP contribution in [-0.4, -0.2) is 26.8 Å². The molecular formula is C17H23Cl2NO. The molecule has 2 saturated carbocycles. The second-order valence-corrected chi connectivity index (χ2v) is 7.57. The minimum Gasteiger partial charge on any atom is -0.383 e. The van der Waals surface area contributed by atoms with Gasteiger partial charge < -0.3 is 10.1 Å². The molecule has 0 amide bonds. The van der Waals surface area contributed by atoms with Crippen molar-refractivity contribution in [2.45, 2.75) is 37.5 Å². The molecule has 0 saturated heterocycles. The quantitative estimate of drug-likeness (QED) is 0.780. The summed E-state index contributed by atoms with van der Waals surface area (Å²) in [5, 5.41) is 5.15. The summed E-state index contributed by atoms with van der Waals surface area (Å²) in [6.07, 6.45) is 6.54. The lowest BCUT2D eigenvalue weighted by atomic mass is 9.43. The topological polar surface area (TPSA) is 21.3 Å². The summed E-state index contributed by atoms with van der Waals surface area (Å²) in [4.78, 5) is 0. The van der Waals surface area contributed by atoms with E-state index in [1.165, 1.54) is 32.1 Å². The largest absolute Gasteiger partial charge is 0.383 e. The van der Waals surface area contributed by atoms with Gasteiger partial charge in [-0.25, -0.2) is 0 Å². The van der Waals surface area contributed by atoms with Crippen molar-refractivity contribution in [2.24, 2.45) is 5.41 Å². The van der Waals surface area contributed by atoms with E-state index in [-0.39, 0.29) is 5.41 Å². The summed E-state index contributed by atoms with van der Waals surface area (Å²) < 4.78 is 5.12. The van der Waals surface area contributed by atoms with Crippen LogP contribution < -0.4 is 5.32 Å². The number of ether oxygens (including phenoxy) is 1. The summed E-state index contributed by atoms with van der Waals surface area (Å²) in [5.74, 6) is 0. The highest BCUT2D eigenvalue weighted by Crippen LogP contribution is 2.66. The predicted molar refractivity (Wildman–Crippen MR) is 88.4 cm³/mol. The summed E-state index contributed by atoms with van der Waals surface area (Å²) in [6.45, 7) is 2.53. The third-order valence-corrected chi connectivity index (χ3v) is 5.91. The Hall–Kier alpha value is -0.280. The Morgan fingerprint density at radius 1 is 1.19 bits per heavy atom. The predicted octanol–water partition coefficient (Wildman–Crippen LogP) is 4.43.